The zero-order valence-corrected chi connectivity index (χ0v) is 21.8. The zero-order valence-electron chi connectivity index (χ0n) is 21.8. The minimum absolute atomic E-state index is 0.0303. The maximum absolute atomic E-state index is 13.9. The van der Waals surface area contributed by atoms with E-state index in [9.17, 15) is 9.59 Å². The molecule has 0 fully saturated rings. The number of ether oxygens (including phenoxy) is 2. The lowest BCUT2D eigenvalue weighted by Gasteiger charge is -2.45. The normalized spacial score (nSPS) is 17.9. The smallest absolute Gasteiger partial charge is 0.254 e. The lowest BCUT2D eigenvalue weighted by atomic mass is 9.75. The number of rotatable bonds is 8. The number of hydrogen-bond acceptors (Lipinski definition) is 4. The Kier molecular flexibility index (Phi) is 7.17. The molecule has 2 atom stereocenters. The molecule has 0 unspecified atom stereocenters. The van der Waals surface area contributed by atoms with Crippen molar-refractivity contribution in [3.63, 3.8) is 0 Å². The Morgan fingerprint density at radius 3 is 2.30 bits per heavy atom. The van der Waals surface area contributed by atoms with Crippen LogP contribution in [0.25, 0.3) is 0 Å². The molecule has 192 valence electrons. The third-order valence-electron chi connectivity index (χ3n) is 7.37. The standard InChI is InChI=1S/C31H34N2O4/c1-4-20-11-13-21(14-12-20)19-32-30(34)28-23-9-7-8-10-24(23)31(35)33-16-15-22-17-26(36-5-2)27(37-6-3)18-25(22)29(28)33/h7-14,17-18,28-29H,4-6,15-16,19H2,1-3H3,(H,32,34)/t28-,29-/m0/s1. The van der Waals surface area contributed by atoms with Crippen molar-refractivity contribution < 1.29 is 19.1 Å². The highest BCUT2D eigenvalue weighted by Crippen LogP contribution is 2.48. The lowest BCUT2D eigenvalue weighted by Crippen LogP contribution is -2.50. The number of carbonyl (C=O) groups is 2. The Labute approximate surface area is 218 Å². The van der Waals surface area contributed by atoms with Crippen molar-refractivity contribution in [3.05, 3.63) is 94.0 Å². The van der Waals surface area contributed by atoms with E-state index in [0.717, 1.165) is 28.7 Å². The minimum atomic E-state index is -0.532. The molecule has 0 spiro atoms. The molecule has 6 nitrogen and oxygen atoms in total. The number of nitrogens with one attached hydrogen (secondary N) is 1. The highest BCUT2D eigenvalue weighted by atomic mass is 16.5. The number of hydrogen-bond donors (Lipinski definition) is 1. The van der Waals surface area contributed by atoms with Crippen molar-refractivity contribution >= 4 is 11.8 Å². The van der Waals surface area contributed by atoms with Gasteiger partial charge in [-0.1, -0.05) is 49.4 Å². The van der Waals surface area contributed by atoms with E-state index < -0.39 is 12.0 Å². The van der Waals surface area contributed by atoms with Gasteiger partial charge in [0.2, 0.25) is 5.91 Å². The first-order chi connectivity index (χ1) is 18.0. The molecule has 3 aromatic carbocycles. The predicted molar refractivity (Wildman–Crippen MR) is 143 cm³/mol. The first-order valence-electron chi connectivity index (χ1n) is 13.2. The van der Waals surface area contributed by atoms with Crippen molar-refractivity contribution in [3.8, 4) is 11.5 Å². The molecule has 0 saturated carbocycles. The first kappa shape index (κ1) is 24.9. The van der Waals surface area contributed by atoms with Crippen molar-refractivity contribution in [1.82, 2.24) is 10.2 Å². The second-order valence-corrected chi connectivity index (χ2v) is 9.51. The molecule has 1 N–H and O–H groups in total. The van der Waals surface area contributed by atoms with E-state index in [1.54, 1.807) is 0 Å². The molecule has 2 aliphatic heterocycles. The third-order valence-corrected chi connectivity index (χ3v) is 7.37. The molecule has 2 amide bonds. The Balaban J connectivity index is 1.54. The van der Waals surface area contributed by atoms with Crippen LogP contribution in [0, 0.1) is 0 Å². The fraction of sp³-hybridized carbons (Fsp3) is 0.355. The number of fused-ring (bicyclic) bond motifs is 4. The van der Waals surface area contributed by atoms with E-state index in [-0.39, 0.29) is 11.8 Å². The maximum Gasteiger partial charge on any atom is 0.254 e. The summed E-state index contributed by atoms with van der Waals surface area (Å²) in [6.45, 7) is 8.02. The summed E-state index contributed by atoms with van der Waals surface area (Å²) in [6.07, 6.45) is 1.68. The number of nitrogens with zero attached hydrogens (tertiary/aromatic N) is 1. The SMILES string of the molecule is CCOc1cc2c(cc1OCC)[C@H]1[C@@H](C(=O)NCc3ccc(CC)cc3)c3ccccc3C(=O)N1CC2. The average Bonchev–Trinajstić information content (AvgIpc) is 2.93. The van der Waals surface area contributed by atoms with Crippen LogP contribution in [-0.4, -0.2) is 36.5 Å². The number of benzene rings is 3. The van der Waals surface area contributed by atoms with Gasteiger partial charge < -0.3 is 19.7 Å². The molecule has 6 heteroatoms. The third kappa shape index (κ3) is 4.68. The molecule has 37 heavy (non-hydrogen) atoms. The highest BCUT2D eigenvalue weighted by molar-refractivity contribution is 6.01. The van der Waals surface area contributed by atoms with Gasteiger partial charge in [-0.15, -0.1) is 0 Å². The Hall–Kier alpha value is -3.80. The van der Waals surface area contributed by atoms with Crippen molar-refractivity contribution in [1.29, 1.82) is 0 Å². The molecular formula is C31H34N2O4. The fourth-order valence-electron chi connectivity index (χ4n) is 5.55. The molecule has 0 bridgehead atoms. The van der Waals surface area contributed by atoms with Crippen LogP contribution >= 0.6 is 0 Å². The van der Waals surface area contributed by atoms with Gasteiger partial charge >= 0.3 is 0 Å². The molecule has 0 aromatic heterocycles. The summed E-state index contributed by atoms with van der Waals surface area (Å²) in [6, 6.07) is 19.4. The lowest BCUT2D eigenvalue weighted by molar-refractivity contribution is -0.124. The van der Waals surface area contributed by atoms with Crippen molar-refractivity contribution in [2.75, 3.05) is 19.8 Å². The van der Waals surface area contributed by atoms with Gasteiger partial charge in [0, 0.05) is 18.7 Å². The van der Waals surface area contributed by atoms with Gasteiger partial charge in [-0.2, -0.15) is 0 Å². The zero-order chi connectivity index (χ0) is 25.9. The summed E-state index contributed by atoms with van der Waals surface area (Å²) in [4.78, 5) is 29.4. The van der Waals surface area contributed by atoms with Crippen molar-refractivity contribution in [2.24, 2.45) is 0 Å². The van der Waals surface area contributed by atoms with E-state index in [0.29, 0.717) is 49.8 Å². The van der Waals surface area contributed by atoms with Crippen LogP contribution in [0.4, 0.5) is 0 Å². The van der Waals surface area contributed by atoms with Crippen LogP contribution in [0.15, 0.2) is 60.7 Å². The summed E-state index contributed by atoms with van der Waals surface area (Å²) >= 11 is 0. The monoisotopic (exact) mass is 498 g/mol. The van der Waals surface area contributed by atoms with Gasteiger partial charge in [0.05, 0.1) is 25.2 Å². The van der Waals surface area contributed by atoms with Crippen LogP contribution < -0.4 is 14.8 Å². The Morgan fingerprint density at radius 1 is 0.919 bits per heavy atom. The molecule has 2 heterocycles. The van der Waals surface area contributed by atoms with E-state index in [1.807, 2.05) is 55.1 Å². The highest BCUT2D eigenvalue weighted by Gasteiger charge is 2.46. The Bertz CT molecular complexity index is 1300. The van der Waals surface area contributed by atoms with Crippen LogP contribution in [0.2, 0.25) is 0 Å². The minimum Gasteiger partial charge on any atom is -0.490 e. The van der Waals surface area contributed by atoms with E-state index >= 15 is 0 Å². The summed E-state index contributed by atoms with van der Waals surface area (Å²) in [5.41, 5.74) is 5.73. The molecule has 5 rings (SSSR count). The van der Waals surface area contributed by atoms with Crippen LogP contribution in [0.5, 0.6) is 11.5 Å². The van der Waals surface area contributed by atoms with Crippen molar-refractivity contribution in [2.45, 2.75) is 52.1 Å². The largest absolute Gasteiger partial charge is 0.490 e. The van der Waals surface area contributed by atoms with Gasteiger partial charge in [0.1, 0.15) is 0 Å². The average molecular weight is 499 g/mol. The summed E-state index contributed by atoms with van der Waals surface area (Å²) in [5.74, 6) is 0.698. The molecule has 0 aliphatic carbocycles. The van der Waals surface area contributed by atoms with Gasteiger partial charge in [-0.3, -0.25) is 9.59 Å². The van der Waals surface area contributed by atoms with E-state index in [4.69, 9.17) is 9.47 Å². The van der Waals surface area contributed by atoms with Gasteiger partial charge in [-0.25, -0.2) is 0 Å². The summed E-state index contributed by atoms with van der Waals surface area (Å²) in [5, 5.41) is 3.16. The topological polar surface area (TPSA) is 67.9 Å². The first-order valence-corrected chi connectivity index (χ1v) is 13.2. The predicted octanol–water partition coefficient (Wildman–Crippen LogP) is 5.20. The fourth-order valence-corrected chi connectivity index (χ4v) is 5.55. The van der Waals surface area contributed by atoms with Gasteiger partial charge in [0.15, 0.2) is 11.5 Å². The molecule has 3 aromatic rings. The quantitative estimate of drug-likeness (QED) is 0.464. The number of amides is 2. The molecule has 0 saturated heterocycles. The molecule has 2 aliphatic rings. The Morgan fingerprint density at radius 2 is 1.59 bits per heavy atom. The second kappa shape index (κ2) is 10.7. The summed E-state index contributed by atoms with van der Waals surface area (Å²) in [7, 11) is 0. The van der Waals surface area contributed by atoms with Gasteiger partial charge in [-0.05, 0) is 72.7 Å². The van der Waals surface area contributed by atoms with Gasteiger partial charge in [0.25, 0.3) is 5.91 Å². The van der Waals surface area contributed by atoms with E-state index in [2.05, 4.69) is 36.5 Å². The number of carbonyl (C=O) groups excluding carboxylic acids is 2. The number of aryl methyl sites for hydroxylation is 1. The van der Waals surface area contributed by atoms with Crippen LogP contribution in [0.3, 0.4) is 0 Å². The second-order valence-electron chi connectivity index (χ2n) is 9.51. The van der Waals surface area contributed by atoms with Crippen LogP contribution in [-0.2, 0) is 24.2 Å². The molecular weight excluding hydrogens is 464 g/mol. The van der Waals surface area contributed by atoms with Crippen LogP contribution in [0.1, 0.15) is 70.9 Å². The summed E-state index contributed by atoms with van der Waals surface area (Å²) < 4.78 is 11.8. The van der Waals surface area contributed by atoms with E-state index in [1.165, 1.54) is 5.56 Å². The maximum atomic E-state index is 13.9. The molecule has 0 radical (unpaired) electrons.